The number of carbonyl (C=O) groups excluding carboxylic acids is 1. The maximum atomic E-state index is 12.1. The number of nitrogens with zero attached hydrogens (tertiary/aromatic N) is 2. The van der Waals surface area contributed by atoms with Gasteiger partial charge in [0.15, 0.2) is 6.61 Å². The number of fused-ring (bicyclic) bond motifs is 1. The number of aromatic nitrogens is 1. The summed E-state index contributed by atoms with van der Waals surface area (Å²) in [7, 11) is -0.570. The highest BCUT2D eigenvalue weighted by molar-refractivity contribution is 7.89. The highest BCUT2D eigenvalue weighted by atomic mass is 35.5. The molecule has 0 radical (unpaired) electrons. The van der Waals surface area contributed by atoms with Crippen LogP contribution in [0.4, 0.5) is 5.69 Å². The Bertz CT molecular complexity index is 1170. The highest BCUT2D eigenvalue weighted by Crippen LogP contribution is 2.24. The topological polar surface area (TPSA) is 101 Å². The third-order valence-electron chi connectivity index (χ3n) is 4.44. The first-order chi connectivity index (χ1) is 14.8. The number of anilines is 1. The van der Waals surface area contributed by atoms with Crippen molar-refractivity contribution in [1.82, 2.24) is 14.6 Å². The van der Waals surface area contributed by atoms with Crippen molar-refractivity contribution in [3.63, 3.8) is 0 Å². The zero-order chi connectivity index (χ0) is 22.4. The Morgan fingerprint density at radius 1 is 1.10 bits per heavy atom. The summed E-state index contributed by atoms with van der Waals surface area (Å²) in [5.41, 5.74) is 1.69. The Balaban J connectivity index is 1.44. The number of carbonyl (C=O) groups is 1. The van der Waals surface area contributed by atoms with Crippen LogP contribution in [0.1, 0.15) is 0 Å². The van der Waals surface area contributed by atoms with Crippen LogP contribution in [0.2, 0.25) is 5.02 Å². The molecule has 0 aliphatic carbocycles. The predicted molar refractivity (Wildman–Crippen MR) is 121 cm³/mol. The number of nitrogens with one attached hydrogen (secondary N) is 2. The second-order valence-corrected chi connectivity index (χ2v) is 9.43. The van der Waals surface area contributed by atoms with E-state index in [1.54, 1.807) is 18.3 Å². The Morgan fingerprint density at radius 2 is 1.84 bits per heavy atom. The molecule has 0 fully saturated rings. The molecule has 1 amide bonds. The fraction of sp³-hybridized carbons (Fsp3) is 0.238. The third kappa shape index (κ3) is 5.84. The standard InChI is InChI=1S/C21H23ClN4O4S/c1-26(2)31(28,29)17-6-4-16(5-7-17)30-14-21(27)25-12-11-24-19-9-10-23-20-13-15(22)3-8-18(19)20/h3-10,13H,11-12,14H2,1-2H3,(H,23,24)(H,25,27). The first-order valence-electron chi connectivity index (χ1n) is 9.47. The number of sulfonamides is 1. The molecule has 10 heteroatoms. The maximum Gasteiger partial charge on any atom is 0.258 e. The zero-order valence-corrected chi connectivity index (χ0v) is 18.7. The van der Waals surface area contributed by atoms with Gasteiger partial charge in [-0.2, -0.15) is 0 Å². The van der Waals surface area contributed by atoms with Gasteiger partial charge in [-0.25, -0.2) is 12.7 Å². The van der Waals surface area contributed by atoms with Crippen molar-refractivity contribution in [1.29, 1.82) is 0 Å². The lowest BCUT2D eigenvalue weighted by Gasteiger charge is -2.12. The average molecular weight is 463 g/mol. The van der Waals surface area contributed by atoms with Crippen molar-refractivity contribution in [3.05, 3.63) is 59.8 Å². The third-order valence-corrected chi connectivity index (χ3v) is 6.50. The molecule has 1 aromatic heterocycles. The van der Waals surface area contributed by atoms with Crippen LogP contribution >= 0.6 is 11.6 Å². The van der Waals surface area contributed by atoms with Gasteiger partial charge < -0.3 is 15.4 Å². The van der Waals surface area contributed by atoms with Crippen molar-refractivity contribution in [2.45, 2.75) is 4.90 Å². The molecular formula is C21H23ClN4O4S. The Labute approximate surface area is 186 Å². The van der Waals surface area contributed by atoms with Gasteiger partial charge in [-0.1, -0.05) is 11.6 Å². The Morgan fingerprint density at radius 3 is 2.55 bits per heavy atom. The first-order valence-corrected chi connectivity index (χ1v) is 11.3. The molecule has 0 saturated carbocycles. The lowest BCUT2D eigenvalue weighted by atomic mass is 10.2. The van der Waals surface area contributed by atoms with Crippen LogP contribution < -0.4 is 15.4 Å². The molecule has 8 nitrogen and oxygen atoms in total. The van der Waals surface area contributed by atoms with E-state index in [9.17, 15) is 13.2 Å². The average Bonchev–Trinajstić information content (AvgIpc) is 2.75. The van der Waals surface area contributed by atoms with Crippen LogP contribution in [0.5, 0.6) is 5.75 Å². The summed E-state index contributed by atoms with van der Waals surface area (Å²) < 4.78 is 30.7. The van der Waals surface area contributed by atoms with Crippen LogP contribution in [0, 0.1) is 0 Å². The van der Waals surface area contributed by atoms with Crippen molar-refractivity contribution in [3.8, 4) is 5.75 Å². The SMILES string of the molecule is CN(C)S(=O)(=O)c1ccc(OCC(=O)NCCNc2ccnc3cc(Cl)ccc23)cc1. The molecule has 0 saturated heterocycles. The van der Waals surface area contributed by atoms with Crippen LogP contribution in [0.25, 0.3) is 10.9 Å². The summed E-state index contributed by atoms with van der Waals surface area (Å²) in [6.07, 6.45) is 1.70. The van der Waals surface area contributed by atoms with Crippen LogP contribution in [-0.2, 0) is 14.8 Å². The summed E-state index contributed by atoms with van der Waals surface area (Å²) in [5.74, 6) is 0.131. The number of pyridine rings is 1. The molecule has 2 N–H and O–H groups in total. The quantitative estimate of drug-likeness (QED) is 0.474. The molecule has 0 aliphatic heterocycles. The van der Waals surface area contributed by atoms with E-state index in [-0.39, 0.29) is 17.4 Å². The molecule has 3 aromatic rings. The minimum atomic E-state index is -3.50. The van der Waals surface area contributed by atoms with Gasteiger partial charge in [0.25, 0.3) is 5.91 Å². The lowest BCUT2D eigenvalue weighted by molar-refractivity contribution is -0.123. The van der Waals surface area contributed by atoms with Gasteiger partial charge in [0.1, 0.15) is 5.75 Å². The maximum absolute atomic E-state index is 12.1. The second kappa shape index (κ2) is 9.95. The number of benzene rings is 2. The number of rotatable bonds is 9. The molecule has 0 bridgehead atoms. The fourth-order valence-electron chi connectivity index (χ4n) is 2.79. The van der Waals surface area contributed by atoms with E-state index in [0.29, 0.717) is 23.9 Å². The molecule has 2 aromatic carbocycles. The predicted octanol–water partition coefficient (Wildman–Crippen LogP) is 2.75. The summed E-state index contributed by atoms with van der Waals surface area (Å²) in [6.45, 7) is 0.751. The van der Waals surface area contributed by atoms with Gasteiger partial charge in [-0.05, 0) is 48.5 Å². The molecule has 0 unspecified atom stereocenters. The van der Waals surface area contributed by atoms with E-state index in [0.717, 1.165) is 20.9 Å². The largest absolute Gasteiger partial charge is 0.484 e. The van der Waals surface area contributed by atoms with Crippen LogP contribution in [0.15, 0.2) is 59.6 Å². The highest BCUT2D eigenvalue weighted by Gasteiger charge is 2.16. The van der Waals surface area contributed by atoms with Crippen molar-refractivity contribution in [2.75, 3.05) is 39.1 Å². The second-order valence-electron chi connectivity index (χ2n) is 6.84. The minimum absolute atomic E-state index is 0.159. The zero-order valence-electron chi connectivity index (χ0n) is 17.1. The van der Waals surface area contributed by atoms with Crippen LogP contribution in [0.3, 0.4) is 0 Å². The molecule has 0 spiro atoms. The monoisotopic (exact) mass is 462 g/mol. The minimum Gasteiger partial charge on any atom is -0.484 e. The van der Waals surface area contributed by atoms with Gasteiger partial charge in [0, 0.05) is 49.5 Å². The van der Waals surface area contributed by atoms with Crippen LogP contribution in [-0.4, -0.2) is 57.4 Å². The van der Waals surface area contributed by atoms with Gasteiger partial charge in [0.2, 0.25) is 10.0 Å². The molecule has 31 heavy (non-hydrogen) atoms. The first kappa shape index (κ1) is 22.8. The van der Waals surface area contributed by atoms with Gasteiger partial charge in [0.05, 0.1) is 10.4 Å². The lowest BCUT2D eigenvalue weighted by Crippen LogP contribution is -2.32. The summed E-state index contributed by atoms with van der Waals surface area (Å²) in [5, 5.41) is 7.60. The number of halogens is 1. The van der Waals surface area contributed by atoms with E-state index in [1.807, 2.05) is 12.1 Å². The molecule has 164 valence electrons. The van der Waals surface area contributed by atoms with Crippen molar-refractivity contribution >= 4 is 44.1 Å². The van der Waals surface area contributed by atoms with Crippen molar-refractivity contribution < 1.29 is 17.9 Å². The summed E-state index contributed by atoms with van der Waals surface area (Å²) >= 11 is 6.00. The van der Waals surface area contributed by atoms with E-state index >= 15 is 0 Å². The number of ether oxygens (including phenoxy) is 1. The number of amides is 1. The van der Waals surface area contributed by atoms with E-state index in [1.165, 1.54) is 38.4 Å². The molecule has 0 aliphatic rings. The van der Waals surface area contributed by atoms with E-state index in [2.05, 4.69) is 15.6 Å². The summed E-state index contributed by atoms with van der Waals surface area (Å²) in [4.78, 5) is 16.5. The van der Waals surface area contributed by atoms with E-state index in [4.69, 9.17) is 16.3 Å². The smallest absolute Gasteiger partial charge is 0.258 e. The molecular weight excluding hydrogens is 440 g/mol. The number of hydrogen-bond acceptors (Lipinski definition) is 6. The summed E-state index contributed by atoms with van der Waals surface area (Å²) in [6, 6.07) is 13.3. The molecule has 1 heterocycles. The van der Waals surface area contributed by atoms with Gasteiger partial charge in [-0.15, -0.1) is 0 Å². The number of hydrogen-bond donors (Lipinski definition) is 2. The molecule has 3 rings (SSSR count). The normalized spacial score (nSPS) is 11.5. The van der Waals surface area contributed by atoms with Gasteiger partial charge >= 0.3 is 0 Å². The fourth-order valence-corrected chi connectivity index (χ4v) is 3.86. The Kier molecular flexibility index (Phi) is 7.32. The van der Waals surface area contributed by atoms with E-state index < -0.39 is 10.0 Å². The Hall–Kier alpha value is -2.88. The van der Waals surface area contributed by atoms with Gasteiger partial charge in [-0.3, -0.25) is 9.78 Å². The van der Waals surface area contributed by atoms with Crippen molar-refractivity contribution in [2.24, 2.45) is 0 Å². The molecule has 0 atom stereocenters.